The van der Waals surface area contributed by atoms with E-state index >= 15 is 0 Å². The highest BCUT2D eigenvalue weighted by Crippen LogP contribution is 2.43. The Morgan fingerprint density at radius 2 is 1.05 bits per heavy atom. The van der Waals surface area contributed by atoms with Crippen LogP contribution in [0.15, 0.2) is 134 Å². The lowest BCUT2D eigenvalue weighted by molar-refractivity contribution is -0.870. The molecular weight excluding hydrogens is 830 g/mol. The normalized spacial score (nSPS) is 15.7. The molecule has 0 rings (SSSR count). The van der Waals surface area contributed by atoms with Crippen LogP contribution < -0.4 is 0 Å². The van der Waals surface area contributed by atoms with Crippen molar-refractivity contribution in [1.29, 1.82) is 0 Å². The van der Waals surface area contributed by atoms with E-state index in [9.17, 15) is 29.3 Å². The summed E-state index contributed by atoms with van der Waals surface area (Å²) in [4.78, 5) is 35.4. The van der Waals surface area contributed by atoms with E-state index in [0.717, 1.165) is 32.1 Å². The fourth-order valence-electron chi connectivity index (χ4n) is 5.20. The number of esters is 2. The molecule has 0 heterocycles. The molecule has 0 aromatic carbocycles. The van der Waals surface area contributed by atoms with Gasteiger partial charge in [-0.1, -0.05) is 160 Å². The van der Waals surface area contributed by atoms with E-state index in [-0.39, 0.29) is 26.1 Å². The van der Waals surface area contributed by atoms with Gasteiger partial charge in [0.05, 0.1) is 40.0 Å². The van der Waals surface area contributed by atoms with Crippen molar-refractivity contribution in [3.63, 3.8) is 0 Å². The third kappa shape index (κ3) is 44.7. The molecule has 12 heteroatoms. The monoisotopic (exact) mass is 913 g/mol. The van der Waals surface area contributed by atoms with Gasteiger partial charge in [0.25, 0.3) is 0 Å². The first kappa shape index (κ1) is 60.1. The Hall–Kier alpha value is -3.93. The lowest BCUT2D eigenvalue weighted by Crippen LogP contribution is -2.37. The minimum absolute atomic E-state index is 0.0195. The summed E-state index contributed by atoms with van der Waals surface area (Å²) in [6.45, 7) is 3.87. The lowest BCUT2D eigenvalue weighted by Gasteiger charge is -2.24. The number of carbonyl (C=O) groups is 2. The smallest absolute Gasteiger partial charge is 0.462 e. The number of unbranched alkanes of at least 4 members (excludes halogenated alkanes) is 3. The zero-order valence-corrected chi connectivity index (χ0v) is 40.6. The van der Waals surface area contributed by atoms with Gasteiger partial charge in [-0.05, 0) is 77.0 Å². The summed E-state index contributed by atoms with van der Waals surface area (Å²) < 4.78 is 34.1. The molecule has 0 amide bonds. The maximum Gasteiger partial charge on any atom is 0.472 e. The second-order valence-corrected chi connectivity index (χ2v) is 17.6. The first-order valence-corrected chi connectivity index (χ1v) is 24.6. The van der Waals surface area contributed by atoms with Gasteiger partial charge in [0.1, 0.15) is 19.8 Å². The minimum Gasteiger partial charge on any atom is -0.462 e. The van der Waals surface area contributed by atoms with E-state index in [1.165, 1.54) is 25.7 Å². The van der Waals surface area contributed by atoms with Crippen LogP contribution >= 0.6 is 7.82 Å². The number of hydrogen-bond donors (Lipinski definition) is 3. The van der Waals surface area contributed by atoms with Crippen molar-refractivity contribution in [2.75, 3.05) is 47.5 Å². The largest absolute Gasteiger partial charge is 0.472 e. The van der Waals surface area contributed by atoms with Gasteiger partial charge < -0.3 is 29.1 Å². The molecule has 0 aliphatic carbocycles. The lowest BCUT2D eigenvalue weighted by atomic mass is 10.2. The number of hydrogen-bond acceptors (Lipinski definition) is 9. The topological polar surface area (TPSA) is 149 Å². The molecule has 0 aromatic heterocycles. The van der Waals surface area contributed by atoms with Crippen LogP contribution in [0.3, 0.4) is 0 Å². The number of quaternary nitrogens is 1. The summed E-state index contributed by atoms with van der Waals surface area (Å²) in [7, 11) is 1.30. The molecule has 64 heavy (non-hydrogen) atoms. The van der Waals surface area contributed by atoms with Crippen LogP contribution in [0.2, 0.25) is 0 Å². The second-order valence-electron chi connectivity index (χ2n) is 16.1. The summed E-state index contributed by atoms with van der Waals surface area (Å²) in [5.41, 5.74) is 0. The Labute approximate surface area is 386 Å². The molecule has 360 valence electrons. The molecule has 1 unspecified atom stereocenters. The average Bonchev–Trinajstić information content (AvgIpc) is 3.24. The van der Waals surface area contributed by atoms with Crippen molar-refractivity contribution >= 4 is 19.8 Å². The first-order chi connectivity index (χ1) is 30.8. The molecule has 0 saturated carbocycles. The maximum absolute atomic E-state index is 12.7. The number of nitrogens with zero attached hydrogens (tertiary/aromatic N) is 1. The predicted octanol–water partition coefficient (Wildman–Crippen LogP) is 11.4. The summed E-state index contributed by atoms with van der Waals surface area (Å²) in [6, 6.07) is 0. The van der Waals surface area contributed by atoms with Crippen LogP contribution in [-0.2, 0) is 32.7 Å². The van der Waals surface area contributed by atoms with E-state index in [0.29, 0.717) is 43.1 Å². The quantitative estimate of drug-likeness (QED) is 0.0136. The van der Waals surface area contributed by atoms with Crippen molar-refractivity contribution in [3.05, 3.63) is 134 Å². The third-order valence-electron chi connectivity index (χ3n) is 8.86. The molecule has 0 spiro atoms. The Morgan fingerprint density at radius 3 is 1.55 bits per heavy atom. The fourth-order valence-corrected chi connectivity index (χ4v) is 5.94. The van der Waals surface area contributed by atoms with E-state index in [4.69, 9.17) is 18.5 Å². The maximum atomic E-state index is 12.7. The van der Waals surface area contributed by atoms with Crippen molar-refractivity contribution in [2.24, 2.45) is 0 Å². The molecule has 0 aliphatic rings. The number of rotatable bonds is 39. The second kappa shape index (κ2) is 41.8. The summed E-state index contributed by atoms with van der Waals surface area (Å²) >= 11 is 0. The molecule has 11 nitrogen and oxygen atoms in total. The van der Waals surface area contributed by atoms with Crippen LogP contribution in [0.1, 0.15) is 117 Å². The Balaban J connectivity index is 4.71. The number of carbonyl (C=O) groups excluding carboxylic acids is 2. The number of likely N-dealkylation sites (N-methyl/N-ethyl adjacent to an activating group) is 1. The third-order valence-corrected chi connectivity index (χ3v) is 9.84. The summed E-state index contributed by atoms with van der Waals surface area (Å²) in [5, 5.41) is 20.0. The highest BCUT2D eigenvalue weighted by atomic mass is 31.2. The summed E-state index contributed by atoms with van der Waals surface area (Å²) in [5.74, 6) is -1.08. The molecule has 3 N–H and O–H groups in total. The Kier molecular flexibility index (Phi) is 39.2. The van der Waals surface area contributed by atoms with Crippen molar-refractivity contribution < 1.29 is 52.3 Å². The van der Waals surface area contributed by atoms with Gasteiger partial charge in [0.2, 0.25) is 0 Å². The van der Waals surface area contributed by atoms with Crippen LogP contribution in [0.25, 0.3) is 0 Å². The summed E-state index contributed by atoms with van der Waals surface area (Å²) in [6.07, 6.45) is 53.1. The minimum atomic E-state index is -4.45. The van der Waals surface area contributed by atoms with Gasteiger partial charge in [0.15, 0.2) is 6.10 Å². The standard InChI is InChI=1S/C52H82NO10P/c1-6-8-10-11-12-13-14-15-16-17-18-19-20-21-22-23-24-29-37-43-52(57)63-50(47-62-64(58,59)61-45-44-53(3,4)5)46-60-51(56)42-36-28-26-25-27-33-39-49(55)41-35-31-30-34-40-48(54)38-32-9-7-2/h9,12-13,15-16,18-19,21-22,24,26-35,40-41,48-50,54-55H,6-8,10-11,14,17,20,23,25,36-39,42-47H2,1-5H3/p+1/b13-12-,16-15-,19-18-,22-21-,28-26-,29-24-,31-30-,32-9-,33-27-,40-34+,41-35+/t48-,49+,50-/m1/s1. The first-order valence-electron chi connectivity index (χ1n) is 23.1. The van der Waals surface area contributed by atoms with Gasteiger partial charge in [-0.25, -0.2) is 4.57 Å². The predicted molar refractivity (Wildman–Crippen MR) is 263 cm³/mol. The average molecular weight is 913 g/mol. The molecule has 0 fully saturated rings. The number of allylic oxidation sites excluding steroid dienone is 18. The number of ether oxygens (including phenoxy) is 2. The van der Waals surface area contributed by atoms with Gasteiger partial charge in [-0.3, -0.25) is 18.6 Å². The highest BCUT2D eigenvalue weighted by molar-refractivity contribution is 7.47. The van der Waals surface area contributed by atoms with Crippen molar-refractivity contribution in [1.82, 2.24) is 0 Å². The zero-order chi connectivity index (χ0) is 47.4. The number of aliphatic hydroxyl groups excluding tert-OH is 2. The molecule has 0 aliphatic heterocycles. The molecule has 4 atom stereocenters. The molecule has 0 saturated heterocycles. The van der Waals surface area contributed by atoms with Gasteiger partial charge >= 0.3 is 19.8 Å². The van der Waals surface area contributed by atoms with Gasteiger partial charge in [-0.2, -0.15) is 0 Å². The zero-order valence-electron chi connectivity index (χ0n) is 39.7. The van der Waals surface area contributed by atoms with Crippen LogP contribution in [-0.4, -0.2) is 97.3 Å². The van der Waals surface area contributed by atoms with Crippen LogP contribution in [0.5, 0.6) is 0 Å². The fraction of sp³-hybridized carbons (Fsp3) is 0.538. The van der Waals surface area contributed by atoms with Crippen molar-refractivity contribution in [3.8, 4) is 0 Å². The van der Waals surface area contributed by atoms with E-state index < -0.39 is 44.7 Å². The SMILES string of the molecule is CC/C=C\C[C@@H](O)/C=C/C=C\C=C\[C@@H](O)C/C=C\C/C=C\CCC(=O)OC[C@H](COP(=O)(O)OCC[N+](C)(C)C)OC(=O)CC/C=C\C/C=C\C/C=C\C/C=C\C/C=C\CCCCC. The number of phosphoric ester groups is 1. The van der Waals surface area contributed by atoms with Gasteiger partial charge in [-0.15, -0.1) is 0 Å². The molecule has 0 bridgehead atoms. The van der Waals surface area contributed by atoms with Gasteiger partial charge in [0, 0.05) is 12.8 Å². The molecule has 0 radical (unpaired) electrons. The van der Waals surface area contributed by atoms with E-state index in [1.807, 2.05) is 76.7 Å². The van der Waals surface area contributed by atoms with Crippen LogP contribution in [0, 0.1) is 0 Å². The molecular formula is C52H83NO10P+. The van der Waals surface area contributed by atoms with E-state index in [2.05, 4.69) is 55.5 Å². The van der Waals surface area contributed by atoms with Crippen molar-refractivity contribution in [2.45, 2.75) is 135 Å². The Bertz CT molecular complexity index is 1580. The van der Waals surface area contributed by atoms with E-state index in [1.54, 1.807) is 36.5 Å². The highest BCUT2D eigenvalue weighted by Gasteiger charge is 2.27. The number of aliphatic hydroxyl groups is 2. The Morgan fingerprint density at radius 1 is 0.578 bits per heavy atom. The molecule has 0 aromatic rings. The van der Waals surface area contributed by atoms with Crippen LogP contribution in [0.4, 0.5) is 0 Å². The number of phosphoric acid groups is 1.